The highest BCUT2D eigenvalue weighted by Crippen LogP contribution is 2.45. The summed E-state index contributed by atoms with van der Waals surface area (Å²) < 4.78 is 52.6. The van der Waals surface area contributed by atoms with Gasteiger partial charge in [0.2, 0.25) is 0 Å². The Morgan fingerprint density at radius 3 is 2.60 bits per heavy atom. The number of nitrogens with two attached hydrogens (primary N) is 2. The van der Waals surface area contributed by atoms with Gasteiger partial charge in [0, 0.05) is 11.3 Å². The number of alkyl halides is 3. The lowest BCUT2D eigenvalue weighted by Crippen LogP contribution is -2.40. The molecule has 3 nitrogen and oxygen atoms in total. The van der Waals surface area contributed by atoms with Crippen LogP contribution >= 0.6 is 11.8 Å². The highest BCUT2D eigenvalue weighted by atomic mass is 32.2. The smallest absolute Gasteiger partial charge is 0.399 e. The molecule has 1 aromatic carbocycles. The van der Waals surface area contributed by atoms with Crippen molar-refractivity contribution in [2.45, 2.75) is 30.3 Å². The highest BCUT2D eigenvalue weighted by Gasteiger charge is 2.48. The Morgan fingerprint density at radius 1 is 1.35 bits per heavy atom. The molecule has 0 amide bonds. The summed E-state index contributed by atoms with van der Waals surface area (Å²) in [6.07, 6.45) is -4.81. The van der Waals surface area contributed by atoms with Gasteiger partial charge in [-0.25, -0.2) is 4.39 Å². The molecule has 0 spiro atoms. The summed E-state index contributed by atoms with van der Waals surface area (Å²) in [7, 11) is 0. The number of amidine groups is 1. The molecule has 4 N–H and O–H groups in total. The molecule has 0 aliphatic carbocycles. The van der Waals surface area contributed by atoms with Gasteiger partial charge in [-0.15, -0.1) is 0 Å². The van der Waals surface area contributed by atoms with Crippen LogP contribution in [0.2, 0.25) is 0 Å². The fourth-order valence-corrected chi connectivity index (χ4v) is 3.26. The second-order valence-electron chi connectivity index (χ2n) is 4.82. The van der Waals surface area contributed by atoms with Crippen LogP contribution in [0.1, 0.15) is 18.9 Å². The van der Waals surface area contributed by atoms with Crippen molar-refractivity contribution in [3.63, 3.8) is 0 Å². The second kappa shape index (κ2) is 4.83. The Bertz CT molecular complexity index is 558. The van der Waals surface area contributed by atoms with Gasteiger partial charge in [-0.05, 0) is 31.5 Å². The fraction of sp³-hybridized carbons (Fsp3) is 0.417. The zero-order valence-corrected chi connectivity index (χ0v) is 11.4. The van der Waals surface area contributed by atoms with Crippen LogP contribution in [-0.4, -0.2) is 16.6 Å². The minimum Gasteiger partial charge on any atom is -0.399 e. The number of hydrogen-bond acceptors (Lipinski definition) is 4. The van der Waals surface area contributed by atoms with E-state index in [1.54, 1.807) is 0 Å². The lowest BCUT2D eigenvalue weighted by molar-refractivity contribution is -0.132. The molecule has 2 atom stereocenters. The molecule has 0 bridgehead atoms. The van der Waals surface area contributed by atoms with Gasteiger partial charge in [0.1, 0.15) is 11.1 Å². The lowest BCUT2D eigenvalue weighted by atomic mass is 9.86. The molecule has 0 unspecified atom stereocenters. The summed E-state index contributed by atoms with van der Waals surface area (Å²) >= 11 is 0.449. The Balaban J connectivity index is 2.48. The third-order valence-electron chi connectivity index (χ3n) is 3.14. The van der Waals surface area contributed by atoms with E-state index < -0.39 is 22.8 Å². The van der Waals surface area contributed by atoms with Crippen LogP contribution in [0.4, 0.5) is 23.2 Å². The second-order valence-corrected chi connectivity index (χ2v) is 6.04. The molecule has 110 valence electrons. The van der Waals surface area contributed by atoms with E-state index in [0.29, 0.717) is 11.8 Å². The van der Waals surface area contributed by atoms with Gasteiger partial charge in [0.25, 0.3) is 0 Å². The predicted octanol–water partition coefficient (Wildman–Crippen LogP) is 3.01. The molecule has 1 aliphatic heterocycles. The number of aliphatic imine (C=N–C) groups is 1. The van der Waals surface area contributed by atoms with Gasteiger partial charge in [-0.2, -0.15) is 13.2 Å². The van der Waals surface area contributed by atoms with E-state index in [4.69, 9.17) is 11.5 Å². The lowest BCUT2D eigenvalue weighted by Gasteiger charge is -2.35. The minimum absolute atomic E-state index is 0.0231. The molecule has 0 saturated heterocycles. The van der Waals surface area contributed by atoms with Crippen molar-refractivity contribution < 1.29 is 17.6 Å². The SMILES string of the molecule is C[C@@]1(c2cc(N)ccc2F)C[C@@H](C(F)(F)F)SC(N)=N1. The van der Waals surface area contributed by atoms with Gasteiger partial charge < -0.3 is 11.5 Å². The highest BCUT2D eigenvalue weighted by molar-refractivity contribution is 8.14. The van der Waals surface area contributed by atoms with Crippen LogP contribution in [0.5, 0.6) is 0 Å². The Kier molecular flexibility index (Phi) is 3.62. The third kappa shape index (κ3) is 2.84. The molecule has 20 heavy (non-hydrogen) atoms. The number of nitrogen functional groups attached to an aromatic ring is 1. The molecule has 0 radical (unpaired) electrons. The number of anilines is 1. The van der Waals surface area contributed by atoms with E-state index in [2.05, 4.69) is 4.99 Å². The molecule has 0 fully saturated rings. The van der Waals surface area contributed by atoms with E-state index in [1.165, 1.54) is 19.1 Å². The van der Waals surface area contributed by atoms with Crippen LogP contribution in [0.3, 0.4) is 0 Å². The normalized spacial score (nSPS) is 27.2. The van der Waals surface area contributed by atoms with Gasteiger partial charge in [0.15, 0.2) is 5.17 Å². The summed E-state index contributed by atoms with van der Waals surface area (Å²) in [4.78, 5) is 4.01. The Morgan fingerprint density at radius 2 is 2.00 bits per heavy atom. The quantitative estimate of drug-likeness (QED) is 0.619. The Hall–Kier alpha value is -1.44. The summed E-state index contributed by atoms with van der Waals surface area (Å²) in [6.45, 7) is 1.43. The summed E-state index contributed by atoms with van der Waals surface area (Å²) in [5.74, 6) is -0.647. The molecular weight excluding hydrogens is 294 g/mol. The third-order valence-corrected chi connectivity index (χ3v) is 4.19. The van der Waals surface area contributed by atoms with Crippen LogP contribution in [0.25, 0.3) is 0 Å². The Labute approximate surface area is 117 Å². The molecule has 0 saturated carbocycles. The molecule has 8 heteroatoms. The predicted molar refractivity (Wildman–Crippen MR) is 71.8 cm³/mol. The van der Waals surface area contributed by atoms with E-state index >= 15 is 0 Å². The first-order valence-electron chi connectivity index (χ1n) is 5.76. The average molecular weight is 307 g/mol. The van der Waals surface area contributed by atoms with Crippen LogP contribution in [0.15, 0.2) is 23.2 Å². The first-order chi connectivity index (χ1) is 9.12. The van der Waals surface area contributed by atoms with Crippen molar-refractivity contribution >= 4 is 22.6 Å². The zero-order valence-electron chi connectivity index (χ0n) is 10.5. The van der Waals surface area contributed by atoms with Crippen molar-refractivity contribution in [2.24, 2.45) is 10.7 Å². The first kappa shape index (κ1) is 15.0. The average Bonchev–Trinajstić information content (AvgIpc) is 2.30. The van der Waals surface area contributed by atoms with Gasteiger partial charge in [0.05, 0.1) is 5.54 Å². The van der Waals surface area contributed by atoms with Crippen molar-refractivity contribution in [1.29, 1.82) is 0 Å². The summed E-state index contributed by atoms with van der Waals surface area (Å²) in [5, 5.41) is -1.92. The number of hydrogen-bond donors (Lipinski definition) is 2. The van der Waals surface area contributed by atoms with E-state index in [0.717, 1.165) is 6.07 Å². The zero-order chi connectivity index (χ0) is 15.1. The molecule has 1 aliphatic rings. The minimum atomic E-state index is -4.43. The van der Waals surface area contributed by atoms with Gasteiger partial charge in [-0.1, -0.05) is 11.8 Å². The number of nitrogens with zero attached hydrogens (tertiary/aromatic N) is 1. The van der Waals surface area contributed by atoms with Gasteiger partial charge >= 0.3 is 6.18 Å². The maximum atomic E-state index is 13.9. The first-order valence-corrected chi connectivity index (χ1v) is 6.64. The topological polar surface area (TPSA) is 64.4 Å². The van der Waals surface area contributed by atoms with Crippen LogP contribution in [0, 0.1) is 5.82 Å². The standard InChI is InChI=1S/C12H13F4N3S/c1-11(7-4-6(17)2-3-8(7)13)5-9(12(14,15)16)20-10(18)19-11/h2-4,9H,5,17H2,1H3,(H2,18,19)/t9-,11-/m0/s1. The largest absolute Gasteiger partial charge is 0.401 e. The molecule has 2 rings (SSSR count). The van der Waals surface area contributed by atoms with Crippen LogP contribution < -0.4 is 11.5 Å². The van der Waals surface area contributed by atoms with Crippen molar-refractivity contribution in [3.05, 3.63) is 29.6 Å². The van der Waals surface area contributed by atoms with Gasteiger partial charge in [-0.3, -0.25) is 4.99 Å². The molecule has 0 aromatic heterocycles. The number of benzene rings is 1. The number of thioether (sulfide) groups is 1. The molecule has 1 heterocycles. The van der Waals surface area contributed by atoms with Crippen LogP contribution in [-0.2, 0) is 5.54 Å². The van der Waals surface area contributed by atoms with E-state index in [1.807, 2.05) is 0 Å². The maximum Gasteiger partial charge on any atom is 0.401 e. The van der Waals surface area contributed by atoms with Crippen molar-refractivity contribution in [2.75, 3.05) is 5.73 Å². The van der Waals surface area contributed by atoms with Crippen molar-refractivity contribution in [1.82, 2.24) is 0 Å². The molecule has 1 aromatic rings. The van der Waals surface area contributed by atoms with E-state index in [-0.39, 0.29) is 22.8 Å². The number of rotatable bonds is 1. The maximum absolute atomic E-state index is 13.9. The number of halogens is 4. The summed E-state index contributed by atoms with van der Waals surface area (Å²) in [6, 6.07) is 3.76. The van der Waals surface area contributed by atoms with E-state index in [9.17, 15) is 17.6 Å². The summed E-state index contributed by atoms with van der Waals surface area (Å²) in [5.41, 5.74) is 9.96. The van der Waals surface area contributed by atoms with Crippen molar-refractivity contribution in [3.8, 4) is 0 Å². The monoisotopic (exact) mass is 307 g/mol. The fourth-order valence-electron chi connectivity index (χ4n) is 2.17. The molecular formula is C12H13F4N3S.